The van der Waals surface area contributed by atoms with Gasteiger partial charge in [-0.3, -0.25) is 14.2 Å². The van der Waals surface area contributed by atoms with Gasteiger partial charge in [0.1, 0.15) is 4.83 Å². The van der Waals surface area contributed by atoms with Crippen LogP contribution in [0.4, 0.5) is 5.69 Å². The molecule has 0 fully saturated rings. The lowest BCUT2D eigenvalue weighted by atomic mass is 9.86. The Labute approximate surface area is 222 Å². The molecule has 7 nitrogen and oxygen atoms in total. The second-order valence-corrected chi connectivity index (χ2v) is 11.0. The number of para-hydroxylation sites is 2. The van der Waals surface area contributed by atoms with Crippen molar-refractivity contribution < 1.29 is 14.3 Å². The third-order valence-corrected chi connectivity index (χ3v) is 8.77. The van der Waals surface area contributed by atoms with Crippen LogP contribution in [-0.4, -0.2) is 34.3 Å². The number of esters is 1. The first-order valence-electron chi connectivity index (χ1n) is 12.2. The van der Waals surface area contributed by atoms with Gasteiger partial charge in [-0.05, 0) is 55.0 Å². The van der Waals surface area contributed by atoms with Crippen molar-refractivity contribution in [3.63, 3.8) is 0 Å². The Morgan fingerprint density at radius 3 is 2.68 bits per heavy atom. The number of amides is 1. The molecule has 0 unspecified atom stereocenters. The number of methoxy groups -OCH3 is 1. The Kier molecular flexibility index (Phi) is 7.43. The van der Waals surface area contributed by atoms with E-state index in [-0.39, 0.29) is 22.8 Å². The lowest BCUT2D eigenvalue weighted by molar-refractivity contribution is -0.113. The van der Waals surface area contributed by atoms with Crippen LogP contribution in [0.25, 0.3) is 15.9 Å². The van der Waals surface area contributed by atoms with Gasteiger partial charge in [0.25, 0.3) is 5.56 Å². The molecule has 0 bridgehead atoms. The normalized spacial score (nSPS) is 14.8. The van der Waals surface area contributed by atoms with E-state index in [1.54, 1.807) is 40.2 Å². The summed E-state index contributed by atoms with van der Waals surface area (Å²) in [4.78, 5) is 45.7. The van der Waals surface area contributed by atoms with E-state index < -0.39 is 5.97 Å². The topological polar surface area (TPSA) is 90.3 Å². The number of nitrogens with one attached hydrogen (secondary N) is 1. The van der Waals surface area contributed by atoms with Crippen molar-refractivity contribution in [2.24, 2.45) is 5.92 Å². The van der Waals surface area contributed by atoms with Crippen molar-refractivity contribution in [3.8, 4) is 5.69 Å². The molecule has 2 heterocycles. The van der Waals surface area contributed by atoms with Gasteiger partial charge in [-0.1, -0.05) is 55.4 Å². The van der Waals surface area contributed by atoms with E-state index in [2.05, 4.69) is 12.2 Å². The molecule has 0 saturated heterocycles. The maximum atomic E-state index is 13.9. The van der Waals surface area contributed by atoms with Crippen molar-refractivity contribution in [1.29, 1.82) is 0 Å². The standard InChI is InChI=1S/C28H27N3O4S2/c1-3-17-13-14-20-22(15-17)37-25-24(20)26(33)31(18-9-5-4-6-10-18)28(30-25)36-16-23(32)29-21-12-8-7-11-19(21)27(34)35-2/h4-12,17H,3,13-16H2,1-2H3,(H,29,32)/t17-/m1/s1. The van der Waals surface area contributed by atoms with E-state index in [4.69, 9.17) is 9.72 Å². The summed E-state index contributed by atoms with van der Waals surface area (Å²) in [6.07, 6.45) is 4.10. The van der Waals surface area contributed by atoms with E-state index >= 15 is 0 Å². The van der Waals surface area contributed by atoms with Crippen molar-refractivity contribution in [3.05, 3.63) is 81.0 Å². The number of aryl methyl sites for hydroxylation is 1. The highest BCUT2D eigenvalue weighted by Crippen LogP contribution is 2.38. The molecule has 1 aliphatic rings. The van der Waals surface area contributed by atoms with E-state index in [1.165, 1.54) is 23.7 Å². The highest BCUT2D eigenvalue weighted by molar-refractivity contribution is 7.99. The molecule has 0 spiro atoms. The SMILES string of the molecule is CC[C@@H]1CCc2c(sc3nc(SCC(=O)Nc4ccccc4C(=O)OC)n(-c4ccccc4)c(=O)c23)C1. The average molecular weight is 534 g/mol. The lowest BCUT2D eigenvalue weighted by Gasteiger charge is -2.20. The number of rotatable bonds is 7. The minimum absolute atomic E-state index is 0.0171. The Balaban J connectivity index is 1.48. The second-order valence-electron chi connectivity index (χ2n) is 8.95. The van der Waals surface area contributed by atoms with E-state index in [9.17, 15) is 14.4 Å². The summed E-state index contributed by atoms with van der Waals surface area (Å²) >= 11 is 2.81. The molecule has 5 rings (SSSR count). The predicted octanol–water partition coefficient (Wildman–Crippen LogP) is 5.48. The number of hydrogen-bond acceptors (Lipinski definition) is 7. The number of fused-ring (bicyclic) bond motifs is 3. The number of thioether (sulfide) groups is 1. The van der Waals surface area contributed by atoms with Crippen LogP contribution >= 0.6 is 23.1 Å². The van der Waals surface area contributed by atoms with Crippen LogP contribution in [-0.2, 0) is 22.4 Å². The Hall–Kier alpha value is -3.43. The lowest BCUT2D eigenvalue weighted by Crippen LogP contribution is -2.24. The smallest absolute Gasteiger partial charge is 0.339 e. The summed E-state index contributed by atoms with van der Waals surface area (Å²) in [5, 5.41) is 3.96. The molecular formula is C28H27N3O4S2. The first-order valence-corrected chi connectivity index (χ1v) is 14.0. The van der Waals surface area contributed by atoms with Crippen LogP contribution in [0.1, 0.15) is 40.6 Å². The van der Waals surface area contributed by atoms with Gasteiger partial charge >= 0.3 is 5.97 Å². The summed E-state index contributed by atoms with van der Waals surface area (Å²) in [5.74, 6) is -0.182. The zero-order valence-corrected chi connectivity index (χ0v) is 22.3. The van der Waals surface area contributed by atoms with Crippen LogP contribution in [0.3, 0.4) is 0 Å². The number of anilines is 1. The van der Waals surface area contributed by atoms with Crippen LogP contribution in [0, 0.1) is 5.92 Å². The number of benzene rings is 2. The van der Waals surface area contributed by atoms with Crippen molar-refractivity contribution in [1.82, 2.24) is 9.55 Å². The van der Waals surface area contributed by atoms with Gasteiger partial charge in [0.15, 0.2) is 5.16 Å². The first-order chi connectivity index (χ1) is 18.0. The fourth-order valence-corrected chi connectivity index (χ4v) is 6.91. The molecular weight excluding hydrogens is 506 g/mol. The third-order valence-electron chi connectivity index (χ3n) is 6.68. The van der Waals surface area contributed by atoms with Gasteiger partial charge in [-0.2, -0.15) is 0 Å². The minimum atomic E-state index is -0.527. The molecule has 0 aliphatic heterocycles. The van der Waals surface area contributed by atoms with E-state index in [0.29, 0.717) is 27.8 Å². The largest absolute Gasteiger partial charge is 0.465 e. The third kappa shape index (κ3) is 5.06. The minimum Gasteiger partial charge on any atom is -0.465 e. The molecule has 1 aliphatic carbocycles. The monoisotopic (exact) mass is 533 g/mol. The molecule has 1 atom stereocenters. The van der Waals surface area contributed by atoms with Gasteiger partial charge in [-0.25, -0.2) is 9.78 Å². The fourth-order valence-electron chi connectivity index (χ4n) is 4.72. The number of hydrogen-bond donors (Lipinski definition) is 1. The van der Waals surface area contributed by atoms with E-state index in [1.807, 2.05) is 30.3 Å². The zero-order valence-electron chi connectivity index (χ0n) is 20.7. The van der Waals surface area contributed by atoms with E-state index in [0.717, 1.165) is 36.1 Å². The molecule has 4 aromatic rings. The molecule has 37 heavy (non-hydrogen) atoms. The summed E-state index contributed by atoms with van der Waals surface area (Å²) in [6, 6.07) is 16.1. The van der Waals surface area contributed by atoms with Gasteiger partial charge in [0, 0.05) is 4.88 Å². The maximum Gasteiger partial charge on any atom is 0.339 e. The summed E-state index contributed by atoms with van der Waals surface area (Å²) < 4.78 is 6.43. The fraction of sp³-hybridized carbons (Fsp3) is 0.286. The molecule has 0 saturated carbocycles. The Morgan fingerprint density at radius 2 is 1.92 bits per heavy atom. The molecule has 1 amide bonds. The number of aromatic nitrogens is 2. The molecule has 0 radical (unpaired) electrons. The molecule has 2 aromatic carbocycles. The van der Waals surface area contributed by atoms with Gasteiger partial charge in [0.05, 0.1) is 35.2 Å². The van der Waals surface area contributed by atoms with Crippen molar-refractivity contribution >= 4 is 50.9 Å². The predicted molar refractivity (Wildman–Crippen MR) is 148 cm³/mol. The van der Waals surface area contributed by atoms with Crippen LogP contribution in [0.15, 0.2) is 64.5 Å². The van der Waals surface area contributed by atoms with Gasteiger partial charge < -0.3 is 10.1 Å². The number of nitrogens with zero attached hydrogens (tertiary/aromatic N) is 2. The number of carbonyl (C=O) groups excluding carboxylic acids is 2. The van der Waals surface area contributed by atoms with Crippen LogP contribution in [0.2, 0.25) is 0 Å². The van der Waals surface area contributed by atoms with Crippen molar-refractivity contribution in [2.75, 3.05) is 18.2 Å². The average Bonchev–Trinajstić information content (AvgIpc) is 3.30. The first kappa shape index (κ1) is 25.2. The van der Waals surface area contributed by atoms with Crippen LogP contribution < -0.4 is 10.9 Å². The second kappa shape index (κ2) is 10.9. The quantitative estimate of drug-likeness (QED) is 0.192. The molecule has 2 aromatic heterocycles. The van der Waals surface area contributed by atoms with Gasteiger partial charge in [0.2, 0.25) is 5.91 Å². The van der Waals surface area contributed by atoms with Crippen LogP contribution in [0.5, 0.6) is 0 Å². The van der Waals surface area contributed by atoms with Crippen molar-refractivity contribution in [2.45, 2.75) is 37.8 Å². The summed E-state index contributed by atoms with van der Waals surface area (Å²) in [5.41, 5.74) is 2.41. The Morgan fingerprint density at radius 1 is 1.16 bits per heavy atom. The Bertz CT molecular complexity index is 1530. The molecule has 1 N–H and O–H groups in total. The highest BCUT2D eigenvalue weighted by atomic mass is 32.2. The molecule has 190 valence electrons. The zero-order chi connectivity index (χ0) is 25.9. The number of carbonyl (C=O) groups is 2. The number of ether oxygens (including phenoxy) is 1. The molecule has 9 heteroatoms. The highest BCUT2D eigenvalue weighted by Gasteiger charge is 2.26. The number of thiophene rings is 1. The maximum absolute atomic E-state index is 13.9. The summed E-state index contributed by atoms with van der Waals surface area (Å²) in [7, 11) is 1.30. The van der Waals surface area contributed by atoms with Gasteiger partial charge in [-0.15, -0.1) is 11.3 Å². The summed E-state index contributed by atoms with van der Waals surface area (Å²) in [6.45, 7) is 2.22.